The van der Waals surface area contributed by atoms with Crippen molar-refractivity contribution in [2.75, 3.05) is 31.6 Å². The van der Waals surface area contributed by atoms with Gasteiger partial charge in [0.1, 0.15) is 24.1 Å². The Hall–Kier alpha value is -4.05. The highest BCUT2D eigenvalue weighted by Gasteiger charge is 2.34. The lowest BCUT2D eigenvalue weighted by atomic mass is 10.1. The molecule has 0 fully saturated rings. The molecule has 1 unspecified atom stereocenters. The van der Waals surface area contributed by atoms with Gasteiger partial charge in [-0.25, -0.2) is 8.42 Å². The van der Waals surface area contributed by atoms with Crippen LogP contribution in [0.15, 0.2) is 71.6 Å². The lowest BCUT2D eigenvalue weighted by Crippen LogP contribution is -2.51. The van der Waals surface area contributed by atoms with E-state index in [1.54, 1.807) is 31.2 Å². The molecule has 41 heavy (non-hydrogen) atoms. The molecular formula is C31H39N3O6S. The highest BCUT2D eigenvalue weighted by Crippen LogP contribution is 2.36. The van der Waals surface area contributed by atoms with E-state index in [2.05, 4.69) is 5.32 Å². The molecule has 0 saturated heterocycles. The van der Waals surface area contributed by atoms with Crippen LogP contribution in [0.2, 0.25) is 0 Å². The van der Waals surface area contributed by atoms with Gasteiger partial charge in [-0.2, -0.15) is 0 Å². The van der Waals surface area contributed by atoms with Gasteiger partial charge in [0.25, 0.3) is 10.0 Å². The van der Waals surface area contributed by atoms with Crippen LogP contribution in [0, 0.1) is 13.8 Å². The van der Waals surface area contributed by atoms with Gasteiger partial charge in [-0.1, -0.05) is 54.4 Å². The Morgan fingerprint density at radius 2 is 1.51 bits per heavy atom. The molecule has 0 aromatic heterocycles. The predicted octanol–water partition coefficient (Wildman–Crippen LogP) is 4.46. The third-order valence-electron chi connectivity index (χ3n) is 6.73. The molecule has 10 heteroatoms. The van der Waals surface area contributed by atoms with Crippen LogP contribution in [0.4, 0.5) is 5.69 Å². The molecule has 0 spiro atoms. The second-order valence-corrected chi connectivity index (χ2v) is 11.7. The summed E-state index contributed by atoms with van der Waals surface area (Å²) in [4.78, 5) is 28.5. The number of aryl methyl sites for hydroxylation is 2. The Kier molecular flexibility index (Phi) is 10.8. The molecular weight excluding hydrogens is 542 g/mol. The summed E-state index contributed by atoms with van der Waals surface area (Å²) in [5.41, 5.74) is 2.90. The molecule has 0 radical (unpaired) electrons. The number of hydrogen-bond donors (Lipinski definition) is 1. The number of hydrogen-bond acceptors (Lipinski definition) is 6. The largest absolute Gasteiger partial charge is 0.497 e. The zero-order valence-electron chi connectivity index (χ0n) is 24.5. The average Bonchev–Trinajstić information content (AvgIpc) is 2.97. The van der Waals surface area contributed by atoms with Gasteiger partial charge < -0.3 is 19.7 Å². The molecule has 0 heterocycles. The zero-order valence-corrected chi connectivity index (χ0v) is 25.3. The molecule has 0 aliphatic carbocycles. The lowest BCUT2D eigenvalue weighted by Gasteiger charge is -2.32. The van der Waals surface area contributed by atoms with Gasteiger partial charge in [0.05, 0.1) is 24.8 Å². The van der Waals surface area contributed by atoms with Crippen molar-refractivity contribution in [3.63, 3.8) is 0 Å². The lowest BCUT2D eigenvalue weighted by molar-refractivity contribution is -0.139. The maximum Gasteiger partial charge on any atom is 0.264 e. The van der Waals surface area contributed by atoms with E-state index < -0.39 is 28.5 Å². The predicted molar refractivity (Wildman–Crippen MR) is 160 cm³/mol. The summed E-state index contributed by atoms with van der Waals surface area (Å²) < 4.78 is 40.1. The van der Waals surface area contributed by atoms with Crippen molar-refractivity contribution in [3.8, 4) is 11.5 Å². The number of nitrogens with one attached hydrogen (secondary N) is 1. The smallest absolute Gasteiger partial charge is 0.264 e. The van der Waals surface area contributed by atoms with E-state index in [4.69, 9.17) is 9.47 Å². The number of amides is 2. The van der Waals surface area contributed by atoms with Crippen molar-refractivity contribution in [1.82, 2.24) is 10.2 Å². The molecule has 3 aromatic rings. The fourth-order valence-electron chi connectivity index (χ4n) is 4.21. The van der Waals surface area contributed by atoms with Crippen LogP contribution in [-0.2, 0) is 26.2 Å². The molecule has 1 N–H and O–H groups in total. The average molecular weight is 582 g/mol. The number of rotatable bonds is 13. The minimum Gasteiger partial charge on any atom is -0.497 e. The van der Waals surface area contributed by atoms with Gasteiger partial charge in [-0.15, -0.1) is 0 Å². The second kappa shape index (κ2) is 14.0. The Balaban J connectivity index is 2.10. The molecule has 0 aliphatic rings. The number of benzene rings is 3. The van der Waals surface area contributed by atoms with E-state index in [1.165, 1.54) is 37.3 Å². The van der Waals surface area contributed by atoms with E-state index >= 15 is 0 Å². The van der Waals surface area contributed by atoms with Crippen molar-refractivity contribution < 1.29 is 27.5 Å². The van der Waals surface area contributed by atoms with Crippen molar-refractivity contribution in [2.24, 2.45) is 0 Å². The first-order valence-electron chi connectivity index (χ1n) is 13.5. The Morgan fingerprint density at radius 3 is 2.07 bits per heavy atom. The molecule has 3 rings (SSSR count). The van der Waals surface area contributed by atoms with Crippen LogP contribution in [0.3, 0.4) is 0 Å². The molecule has 1 atom stereocenters. The van der Waals surface area contributed by atoms with Crippen molar-refractivity contribution >= 4 is 27.5 Å². The number of ether oxygens (including phenoxy) is 2. The molecule has 0 aliphatic heterocycles. The number of nitrogens with zero attached hydrogens (tertiary/aromatic N) is 2. The van der Waals surface area contributed by atoms with E-state index in [0.29, 0.717) is 12.3 Å². The fraction of sp³-hybridized carbons (Fsp3) is 0.355. The number of sulfonamides is 1. The number of methoxy groups -OCH3 is 2. The summed E-state index contributed by atoms with van der Waals surface area (Å²) in [6.07, 6.45) is 0.739. The minimum atomic E-state index is -4.25. The van der Waals surface area contributed by atoms with Crippen LogP contribution in [0.1, 0.15) is 37.0 Å². The highest BCUT2D eigenvalue weighted by molar-refractivity contribution is 7.92. The Bertz CT molecular complexity index is 1440. The Labute approximate surface area is 243 Å². The Morgan fingerprint density at radius 1 is 0.902 bits per heavy atom. The maximum absolute atomic E-state index is 14.1. The third kappa shape index (κ3) is 7.79. The molecule has 0 bridgehead atoms. The standard InChI is InChI=1S/C31H39N3O6S/c1-7-18-32-31(36)24(4)33(20-25-12-8-22(2)9-13-25)30(35)21-34(28-19-26(39-5)14-17-29(28)40-6)41(37,38)27-15-10-23(3)11-16-27/h8-17,19,24H,7,18,20-21H2,1-6H3,(H,32,36). The SMILES string of the molecule is CCCNC(=O)C(C)N(Cc1ccc(C)cc1)C(=O)CN(c1cc(OC)ccc1OC)S(=O)(=O)c1ccc(C)cc1. The summed E-state index contributed by atoms with van der Waals surface area (Å²) in [6.45, 7) is 7.41. The maximum atomic E-state index is 14.1. The van der Waals surface area contributed by atoms with E-state index in [-0.39, 0.29) is 28.8 Å². The first-order valence-corrected chi connectivity index (χ1v) is 14.9. The second-order valence-electron chi connectivity index (χ2n) is 9.84. The van der Waals surface area contributed by atoms with Crippen molar-refractivity contribution in [2.45, 2.75) is 51.6 Å². The van der Waals surface area contributed by atoms with E-state index in [1.807, 2.05) is 45.0 Å². The monoisotopic (exact) mass is 581 g/mol. The van der Waals surface area contributed by atoms with Gasteiger partial charge in [0.15, 0.2) is 0 Å². The summed E-state index contributed by atoms with van der Waals surface area (Å²) in [5, 5.41) is 2.84. The van der Waals surface area contributed by atoms with Gasteiger partial charge in [0, 0.05) is 19.2 Å². The van der Waals surface area contributed by atoms with Crippen molar-refractivity contribution in [3.05, 3.63) is 83.4 Å². The van der Waals surface area contributed by atoms with Gasteiger partial charge in [0.2, 0.25) is 11.8 Å². The van der Waals surface area contributed by atoms with Gasteiger partial charge in [-0.05, 0) is 57.0 Å². The minimum absolute atomic E-state index is 0.0135. The first kappa shape index (κ1) is 31.5. The summed E-state index contributed by atoms with van der Waals surface area (Å²) in [6, 6.07) is 17.9. The van der Waals surface area contributed by atoms with Crippen LogP contribution in [0.5, 0.6) is 11.5 Å². The number of carbonyl (C=O) groups is 2. The van der Waals surface area contributed by atoms with E-state index in [0.717, 1.165) is 27.4 Å². The van der Waals surface area contributed by atoms with Gasteiger partial charge in [-0.3, -0.25) is 13.9 Å². The molecule has 220 valence electrons. The quantitative estimate of drug-likeness (QED) is 0.320. The van der Waals surface area contributed by atoms with Crippen LogP contribution < -0.4 is 19.1 Å². The zero-order chi connectivity index (χ0) is 30.2. The van der Waals surface area contributed by atoms with Crippen molar-refractivity contribution in [1.29, 1.82) is 0 Å². The number of carbonyl (C=O) groups excluding carboxylic acids is 2. The number of anilines is 1. The normalized spacial score (nSPS) is 11.9. The van der Waals surface area contributed by atoms with Crippen LogP contribution >= 0.6 is 0 Å². The van der Waals surface area contributed by atoms with Gasteiger partial charge >= 0.3 is 0 Å². The summed E-state index contributed by atoms with van der Waals surface area (Å²) in [7, 11) is -1.35. The van der Waals surface area contributed by atoms with Crippen LogP contribution in [0.25, 0.3) is 0 Å². The fourth-order valence-corrected chi connectivity index (χ4v) is 5.63. The molecule has 3 aromatic carbocycles. The summed E-state index contributed by atoms with van der Waals surface area (Å²) >= 11 is 0. The van der Waals surface area contributed by atoms with Crippen LogP contribution in [-0.4, -0.2) is 58.5 Å². The third-order valence-corrected chi connectivity index (χ3v) is 8.51. The highest BCUT2D eigenvalue weighted by atomic mass is 32.2. The van der Waals surface area contributed by atoms with E-state index in [9.17, 15) is 18.0 Å². The molecule has 0 saturated carbocycles. The first-order chi connectivity index (χ1) is 19.5. The molecule has 2 amide bonds. The topological polar surface area (TPSA) is 105 Å². The summed E-state index contributed by atoms with van der Waals surface area (Å²) in [5.74, 6) is -0.237. The molecule has 9 nitrogen and oxygen atoms in total.